The molecular formula is C33H34N8O3. The molecular weight excluding hydrogens is 556 g/mol. The molecule has 0 saturated carbocycles. The van der Waals surface area contributed by atoms with E-state index >= 15 is 0 Å². The first kappa shape index (κ1) is 27.8. The number of benzene rings is 2. The van der Waals surface area contributed by atoms with Crippen LogP contribution in [0.15, 0.2) is 54.9 Å². The predicted molar refractivity (Wildman–Crippen MR) is 169 cm³/mol. The van der Waals surface area contributed by atoms with Gasteiger partial charge in [0.1, 0.15) is 0 Å². The van der Waals surface area contributed by atoms with Crippen molar-refractivity contribution in [1.82, 2.24) is 24.7 Å². The monoisotopic (exact) mass is 590 g/mol. The van der Waals surface area contributed by atoms with Crippen LogP contribution in [0.5, 0.6) is 0 Å². The Hall–Kier alpha value is -5.03. The van der Waals surface area contributed by atoms with Crippen molar-refractivity contribution in [2.45, 2.75) is 40.2 Å². The highest BCUT2D eigenvalue weighted by molar-refractivity contribution is 6.15. The first-order valence-electron chi connectivity index (χ1n) is 14.8. The summed E-state index contributed by atoms with van der Waals surface area (Å²) in [5, 5.41) is 11.7. The van der Waals surface area contributed by atoms with Gasteiger partial charge in [0.25, 0.3) is 5.91 Å². The number of hydrogen-bond acceptors (Lipinski definition) is 7. The quantitative estimate of drug-likeness (QED) is 0.234. The number of carbonyl (C=O) groups excluding carboxylic acids is 2. The molecule has 0 unspecified atom stereocenters. The van der Waals surface area contributed by atoms with Crippen LogP contribution in [0.25, 0.3) is 22.2 Å². The molecule has 0 bridgehead atoms. The molecule has 44 heavy (non-hydrogen) atoms. The van der Waals surface area contributed by atoms with Gasteiger partial charge in [-0.25, -0.2) is 9.97 Å². The van der Waals surface area contributed by atoms with Gasteiger partial charge in [-0.2, -0.15) is 5.10 Å². The lowest BCUT2D eigenvalue weighted by Gasteiger charge is -2.32. The molecule has 5 aromatic rings. The van der Waals surface area contributed by atoms with E-state index in [4.69, 9.17) is 9.72 Å². The van der Waals surface area contributed by atoms with Gasteiger partial charge in [0.15, 0.2) is 5.82 Å². The Labute approximate surface area is 254 Å². The molecule has 3 aromatic heterocycles. The summed E-state index contributed by atoms with van der Waals surface area (Å²) in [6.07, 6.45) is 5.05. The molecule has 0 spiro atoms. The summed E-state index contributed by atoms with van der Waals surface area (Å²) in [6.45, 7) is 7.43. The van der Waals surface area contributed by atoms with Crippen LogP contribution < -0.4 is 15.5 Å². The van der Waals surface area contributed by atoms with Crippen molar-refractivity contribution in [3.63, 3.8) is 0 Å². The SMILES string of the molecule is Cc1cnc(Nc2cc(C)n(C)n2)nc1-c1c[nH]c2c(N3Cc4c(NC(=O)C5(C)CCOCC5)cccc4C3=O)cccc12. The second kappa shape index (κ2) is 10.6. The van der Waals surface area contributed by atoms with Crippen LogP contribution in [-0.2, 0) is 23.1 Å². The Kier molecular flexibility index (Phi) is 6.69. The largest absolute Gasteiger partial charge is 0.381 e. The lowest BCUT2D eigenvalue weighted by atomic mass is 9.81. The number of para-hydroxylation sites is 1. The van der Waals surface area contributed by atoms with Crippen molar-refractivity contribution in [2.75, 3.05) is 28.7 Å². The van der Waals surface area contributed by atoms with Crippen LogP contribution in [0.1, 0.15) is 46.9 Å². The highest BCUT2D eigenvalue weighted by Crippen LogP contribution is 2.40. The van der Waals surface area contributed by atoms with Gasteiger partial charge < -0.3 is 25.3 Å². The van der Waals surface area contributed by atoms with Crippen LogP contribution in [0.2, 0.25) is 0 Å². The van der Waals surface area contributed by atoms with E-state index in [1.54, 1.807) is 15.8 Å². The maximum absolute atomic E-state index is 13.8. The average molecular weight is 591 g/mol. The summed E-state index contributed by atoms with van der Waals surface area (Å²) < 4.78 is 7.27. The molecule has 1 fully saturated rings. The fourth-order valence-corrected chi connectivity index (χ4v) is 6.04. The number of amides is 2. The molecule has 11 nitrogen and oxygen atoms in total. The van der Waals surface area contributed by atoms with Gasteiger partial charge in [-0.3, -0.25) is 14.3 Å². The molecule has 0 aliphatic carbocycles. The second-order valence-electron chi connectivity index (χ2n) is 11.9. The summed E-state index contributed by atoms with van der Waals surface area (Å²) in [4.78, 5) is 41.6. The number of anilines is 4. The molecule has 2 amide bonds. The molecule has 1 saturated heterocycles. The minimum Gasteiger partial charge on any atom is -0.381 e. The minimum atomic E-state index is -0.499. The zero-order valence-electron chi connectivity index (χ0n) is 25.2. The fourth-order valence-electron chi connectivity index (χ4n) is 6.04. The molecule has 2 aliphatic heterocycles. The molecule has 2 aliphatic rings. The van der Waals surface area contributed by atoms with Crippen LogP contribution in [0, 0.1) is 19.3 Å². The second-order valence-corrected chi connectivity index (χ2v) is 11.9. The van der Waals surface area contributed by atoms with E-state index in [0.29, 0.717) is 55.6 Å². The van der Waals surface area contributed by atoms with E-state index in [9.17, 15) is 9.59 Å². The maximum atomic E-state index is 13.8. The molecule has 11 heteroatoms. The van der Waals surface area contributed by atoms with E-state index < -0.39 is 5.41 Å². The Morgan fingerprint density at radius 2 is 1.89 bits per heavy atom. The highest BCUT2D eigenvalue weighted by atomic mass is 16.5. The summed E-state index contributed by atoms with van der Waals surface area (Å²) in [5.74, 6) is 0.977. The van der Waals surface area contributed by atoms with E-state index in [1.807, 2.05) is 76.5 Å². The Morgan fingerprint density at radius 1 is 1.09 bits per heavy atom. The molecule has 0 radical (unpaired) electrons. The van der Waals surface area contributed by atoms with Gasteiger partial charge in [-0.05, 0) is 50.5 Å². The third-order valence-electron chi connectivity index (χ3n) is 8.93. The highest BCUT2D eigenvalue weighted by Gasteiger charge is 2.37. The number of rotatable bonds is 6. The van der Waals surface area contributed by atoms with Gasteiger partial charge in [0, 0.05) is 72.2 Å². The Bertz CT molecular complexity index is 1920. The molecule has 0 atom stereocenters. The number of hydrogen-bond donors (Lipinski definition) is 3. The molecule has 5 heterocycles. The summed E-state index contributed by atoms with van der Waals surface area (Å²) >= 11 is 0. The van der Waals surface area contributed by atoms with E-state index in [0.717, 1.165) is 44.7 Å². The number of fused-ring (bicyclic) bond motifs is 2. The minimum absolute atomic E-state index is 0.0385. The normalized spacial score (nSPS) is 15.9. The summed E-state index contributed by atoms with van der Waals surface area (Å²) in [7, 11) is 1.89. The van der Waals surface area contributed by atoms with Crippen molar-refractivity contribution < 1.29 is 14.3 Å². The standard InChI is InChI=1S/C33H34N8O3/c1-19-16-35-32(37-27-15-20(2)40(4)39-27)38-28(19)23-17-34-29-21(23)7-6-10-26(29)41-18-24-22(30(41)42)8-5-9-25(24)36-31(43)33(3)11-13-44-14-12-33/h5-10,15-17,34H,11-14,18H2,1-4H3,(H,36,43)(H,35,37,38,39). The lowest BCUT2D eigenvalue weighted by molar-refractivity contribution is -0.129. The molecule has 224 valence electrons. The number of nitrogens with one attached hydrogen (secondary N) is 3. The van der Waals surface area contributed by atoms with E-state index in [2.05, 4.69) is 25.7 Å². The van der Waals surface area contributed by atoms with Crippen LogP contribution in [0.3, 0.4) is 0 Å². The van der Waals surface area contributed by atoms with Crippen molar-refractivity contribution in [2.24, 2.45) is 12.5 Å². The van der Waals surface area contributed by atoms with Crippen LogP contribution >= 0.6 is 0 Å². The number of nitrogens with zero attached hydrogens (tertiary/aromatic N) is 5. The number of H-pyrrole nitrogens is 1. The average Bonchev–Trinajstić information content (AvgIpc) is 3.69. The predicted octanol–water partition coefficient (Wildman–Crippen LogP) is 5.63. The van der Waals surface area contributed by atoms with Crippen molar-refractivity contribution in [3.8, 4) is 11.3 Å². The van der Waals surface area contributed by atoms with Crippen molar-refractivity contribution in [3.05, 3.63) is 77.2 Å². The third-order valence-corrected chi connectivity index (χ3v) is 8.93. The van der Waals surface area contributed by atoms with Gasteiger partial charge in [-0.1, -0.05) is 25.1 Å². The van der Waals surface area contributed by atoms with Crippen molar-refractivity contribution >= 4 is 45.9 Å². The summed E-state index contributed by atoms with van der Waals surface area (Å²) in [6, 6.07) is 13.4. The number of aromatic amines is 1. The number of ether oxygens (including phenoxy) is 1. The van der Waals surface area contributed by atoms with Gasteiger partial charge in [0.2, 0.25) is 11.9 Å². The third kappa shape index (κ3) is 4.69. The topological polar surface area (TPSA) is 130 Å². The van der Waals surface area contributed by atoms with Crippen LogP contribution in [-0.4, -0.2) is 49.8 Å². The fraction of sp³-hybridized carbons (Fsp3) is 0.303. The Balaban J connectivity index is 1.19. The first-order valence-corrected chi connectivity index (χ1v) is 14.8. The van der Waals surface area contributed by atoms with E-state index in [1.165, 1.54) is 0 Å². The van der Waals surface area contributed by atoms with E-state index in [-0.39, 0.29) is 11.8 Å². The number of carbonyl (C=O) groups is 2. The molecule has 7 rings (SSSR count). The number of aryl methyl sites for hydroxylation is 3. The molecule has 3 N–H and O–H groups in total. The Morgan fingerprint density at radius 3 is 2.66 bits per heavy atom. The molecule has 2 aromatic carbocycles. The maximum Gasteiger partial charge on any atom is 0.259 e. The van der Waals surface area contributed by atoms with Crippen LogP contribution in [0.4, 0.5) is 23.1 Å². The summed E-state index contributed by atoms with van der Waals surface area (Å²) in [5.41, 5.74) is 6.80. The smallest absolute Gasteiger partial charge is 0.259 e. The van der Waals surface area contributed by atoms with Gasteiger partial charge in [-0.15, -0.1) is 0 Å². The first-order chi connectivity index (χ1) is 21.2. The zero-order valence-corrected chi connectivity index (χ0v) is 25.2. The lowest BCUT2D eigenvalue weighted by Crippen LogP contribution is -2.38. The van der Waals surface area contributed by atoms with Crippen molar-refractivity contribution in [1.29, 1.82) is 0 Å². The zero-order chi connectivity index (χ0) is 30.6. The van der Waals surface area contributed by atoms with Gasteiger partial charge in [0.05, 0.1) is 28.9 Å². The van der Waals surface area contributed by atoms with Gasteiger partial charge >= 0.3 is 0 Å². The number of aromatic nitrogens is 5.